The molecule has 178 valence electrons. The van der Waals surface area contributed by atoms with Gasteiger partial charge in [-0.25, -0.2) is 0 Å². The molecular formula is C24H38IN5O2. The van der Waals surface area contributed by atoms with Gasteiger partial charge in [-0.05, 0) is 43.4 Å². The lowest BCUT2D eigenvalue weighted by atomic mass is 9.88. The number of carbonyl (C=O) groups is 2. The van der Waals surface area contributed by atoms with Crippen molar-refractivity contribution in [3.05, 3.63) is 29.8 Å². The summed E-state index contributed by atoms with van der Waals surface area (Å²) in [5.74, 6) is 1.35. The maximum atomic E-state index is 12.8. The number of guanidine groups is 1. The molecule has 2 amide bonds. The van der Waals surface area contributed by atoms with Crippen molar-refractivity contribution in [3.8, 4) is 0 Å². The molecule has 2 aliphatic rings. The lowest BCUT2D eigenvalue weighted by Gasteiger charge is -2.26. The van der Waals surface area contributed by atoms with E-state index in [4.69, 9.17) is 0 Å². The number of amides is 2. The Morgan fingerprint density at radius 2 is 1.94 bits per heavy atom. The highest BCUT2D eigenvalue weighted by molar-refractivity contribution is 14.0. The maximum Gasteiger partial charge on any atom is 0.225 e. The van der Waals surface area contributed by atoms with E-state index in [1.807, 2.05) is 36.1 Å². The van der Waals surface area contributed by atoms with E-state index in [2.05, 4.69) is 20.9 Å². The molecular weight excluding hydrogens is 517 g/mol. The molecule has 0 bridgehead atoms. The van der Waals surface area contributed by atoms with E-state index in [-0.39, 0.29) is 41.8 Å². The summed E-state index contributed by atoms with van der Waals surface area (Å²) < 4.78 is 0. The maximum absolute atomic E-state index is 12.8. The Balaban J connectivity index is 0.00000363. The Bertz CT molecular complexity index is 779. The number of nitrogens with one attached hydrogen (secondary N) is 3. The van der Waals surface area contributed by atoms with Crippen molar-refractivity contribution in [2.75, 3.05) is 25.5 Å². The van der Waals surface area contributed by atoms with Crippen molar-refractivity contribution in [1.29, 1.82) is 0 Å². The Morgan fingerprint density at radius 3 is 2.66 bits per heavy atom. The monoisotopic (exact) mass is 555 g/mol. The first-order valence-electron chi connectivity index (χ1n) is 11.7. The molecule has 0 radical (unpaired) electrons. The van der Waals surface area contributed by atoms with Gasteiger partial charge in [-0.15, -0.1) is 24.0 Å². The van der Waals surface area contributed by atoms with Gasteiger partial charge in [0, 0.05) is 50.7 Å². The average molecular weight is 556 g/mol. The van der Waals surface area contributed by atoms with Crippen LogP contribution in [0.3, 0.4) is 0 Å². The molecule has 1 aliphatic carbocycles. The highest BCUT2D eigenvalue weighted by Crippen LogP contribution is 2.26. The van der Waals surface area contributed by atoms with Crippen LogP contribution in [0.4, 0.5) is 5.69 Å². The minimum Gasteiger partial charge on any atom is -0.352 e. The van der Waals surface area contributed by atoms with Gasteiger partial charge in [0.15, 0.2) is 5.96 Å². The zero-order chi connectivity index (χ0) is 22.1. The molecule has 1 saturated carbocycles. The first-order chi connectivity index (χ1) is 15.1. The summed E-state index contributed by atoms with van der Waals surface area (Å²) in [7, 11) is 1.76. The van der Waals surface area contributed by atoms with Crippen molar-refractivity contribution in [3.63, 3.8) is 0 Å². The third-order valence-electron chi connectivity index (χ3n) is 6.17. The summed E-state index contributed by atoms with van der Waals surface area (Å²) in [5, 5.41) is 9.75. The van der Waals surface area contributed by atoms with E-state index in [1.54, 1.807) is 7.05 Å². The van der Waals surface area contributed by atoms with Crippen molar-refractivity contribution >= 4 is 47.4 Å². The zero-order valence-corrected chi connectivity index (χ0v) is 21.7. The summed E-state index contributed by atoms with van der Waals surface area (Å²) in [6.07, 6.45) is 8.05. The number of likely N-dealkylation sites (tertiary alicyclic amines) is 1. The highest BCUT2D eigenvalue weighted by atomic mass is 127. The Morgan fingerprint density at radius 1 is 1.16 bits per heavy atom. The predicted octanol–water partition coefficient (Wildman–Crippen LogP) is 3.89. The van der Waals surface area contributed by atoms with Crippen LogP contribution in [0.25, 0.3) is 0 Å². The van der Waals surface area contributed by atoms with Crippen molar-refractivity contribution < 1.29 is 9.59 Å². The molecule has 1 saturated heterocycles. The quantitative estimate of drug-likeness (QED) is 0.271. The van der Waals surface area contributed by atoms with Gasteiger partial charge in [0.1, 0.15) is 0 Å². The molecule has 3 rings (SSSR count). The minimum absolute atomic E-state index is 0. The third kappa shape index (κ3) is 7.94. The van der Waals surface area contributed by atoms with Gasteiger partial charge in [0.2, 0.25) is 11.8 Å². The fraction of sp³-hybridized carbons (Fsp3) is 0.625. The fourth-order valence-corrected chi connectivity index (χ4v) is 4.47. The predicted molar refractivity (Wildman–Crippen MR) is 140 cm³/mol. The number of benzene rings is 1. The first kappa shape index (κ1) is 26.4. The molecule has 1 heterocycles. The Hall–Kier alpha value is -1.84. The smallest absolute Gasteiger partial charge is 0.225 e. The average Bonchev–Trinajstić information content (AvgIpc) is 3.25. The largest absolute Gasteiger partial charge is 0.352 e. The second kappa shape index (κ2) is 13.6. The van der Waals surface area contributed by atoms with E-state index < -0.39 is 0 Å². The van der Waals surface area contributed by atoms with Crippen LogP contribution in [0.5, 0.6) is 0 Å². The molecule has 1 atom stereocenters. The van der Waals surface area contributed by atoms with Crippen molar-refractivity contribution in [2.45, 2.75) is 70.9 Å². The standard InChI is InChI=1S/C24H37N5O2.HI/c1-3-8-22(30)27-20-12-7-9-18(15-20)16-26-24(25-2)28-21-13-14-29(17-21)23(31)19-10-5-4-6-11-19;/h7,9,12,15,19,21H,3-6,8,10-11,13-14,16-17H2,1-2H3,(H,27,30)(H2,25,26,28);1H. The van der Waals surface area contributed by atoms with Gasteiger partial charge in [0.05, 0.1) is 0 Å². The fourth-order valence-electron chi connectivity index (χ4n) is 4.47. The highest BCUT2D eigenvalue weighted by Gasteiger charge is 2.31. The number of anilines is 1. The van der Waals surface area contributed by atoms with Gasteiger partial charge in [-0.3, -0.25) is 14.6 Å². The number of nitrogens with zero attached hydrogens (tertiary/aromatic N) is 2. The SMILES string of the molecule is CCCC(=O)Nc1cccc(CNC(=NC)NC2CCN(C(=O)C3CCCCC3)C2)c1.I. The number of halogens is 1. The number of hydrogen-bond acceptors (Lipinski definition) is 3. The third-order valence-corrected chi connectivity index (χ3v) is 6.17. The molecule has 32 heavy (non-hydrogen) atoms. The van der Waals surface area contributed by atoms with Gasteiger partial charge < -0.3 is 20.9 Å². The van der Waals surface area contributed by atoms with Gasteiger partial charge in [0.25, 0.3) is 0 Å². The van der Waals surface area contributed by atoms with E-state index in [1.165, 1.54) is 19.3 Å². The second-order valence-electron chi connectivity index (χ2n) is 8.67. The molecule has 1 aromatic rings. The van der Waals surface area contributed by atoms with Crippen LogP contribution >= 0.6 is 24.0 Å². The van der Waals surface area contributed by atoms with Gasteiger partial charge >= 0.3 is 0 Å². The lowest BCUT2D eigenvalue weighted by molar-refractivity contribution is -0.135. The molecule has 3 N–H and O–H groups in total. The Labute approximate surface area is 209 Å². The summed E-state index contributed by atoms with van der Waals surface area (Å²) >= 11 is 0. The van der Waals surface area contributed by atoms with Crippen LogP contribution in [0.1, 0.15) is 63.9 Å². The Kier molecular flexibility index (Phi) is 11.3. The number of carbonyl (C=O) groups excluding carboxylic acids is 2. The van der Waals surface area contributed by atoms with E-state index >= 15 is 0 Å². The topological polar surface area (TPSA) is 85.8 Å². The summed E-state index contributed by atoms with van der Waals surface area (Å²) in [6, 6.07) is 8.07. The van der Waals surface area contributed by atoms with Crippen LogP contribution in [-0.2, 0) is 16.1 Å². The van der Waals surface area contributed by atoms with E-state index in [0.717, 1.165) is 56.0 Å². The first-order valence-corrected chi connectivity index (χ1v) is 11.7. The number of rotatable bonds is 7. The molecule has 1 aromatic carbocycles. The lowest BCUT2D eigenvalue weighted by Crippen LogP contribution is -2.45. The van der Waals surface area contributed by atoms with Crippen LogP contribution in [0.2, 0.25) is 0 Å². The summed E-state index contributed by atoms with van der Waals surface area (Å²) in [5.41, 5.74) is 1.88. The molecule has 0 spiro atoms. The van der Waals surface area contributed by atoms with E-state index in [0.29, 0.717) is 18.9 Å². The molecule has 8 heteroatoms. The molecule has 1 aliphatic heterocycles. The second-order valence-corrected chi connectivity index (χ2v) is 8.67. The van der Waals surface area contributed by atoms with Crippen molar-refractivity contribution in [2.24, 2.45) is 10.9 Å². The summed E-state index contributed by atoms with van der Waals surface area (Å²) in [6.45, 7) is 4.17. The molecule has 1 unspecified atom stereocenters. The van der Waals surface area contributed by atoms with Crippen LogP contribution in [-0.4, -0.2) is 48.9 Å². The molecule has 0 aromatic heterocycles. The van der Waals surface area contributed by atoms with Crippen LogP contribution in [0, 0.1) is 5.92 Å². The molecule has 2 fully saturated rings. The zero-order valence-electron chi connectivity index (χ0n) is 19.4. The number of hydrogen-bond donors (Lipinski definition) is 3. The molecule has 7 nitrogen and oxygen atoms in total. The van der Waals surface area contributed by atoms with E-state index in [9.17, 15) is 9.59 Å². The van der Waals surface area contributed by atoms with Crippen molar-refractivity contribution in [1.82, 2.24) is 15.5 Å². The summed E-state index contributed by atoms with van der Waals surface area (Å²) in [4.78, 5) is 31.0. The number of aliphatic imine (C=N–C) groups is 1. The van der Waals surface area contributed by atoms with Crippen LogP contribution < -0.4 is 16.0 Å². The minimum atomic E-state index is 0. The van der Waals surface area contributed by atoms with Gasteiger partial charge in [-0.1, -0.05) is 38.3 Å². The van der Waals surface area contributed by atoms with Crippen LogP contribution in [0.15, 0.2) is 29.3 Å². The normalized spacial score (nSPS) is 19.2. The van der Waals surface area contributed by atoms with Gasteiger partial charge in [-0.2, -0.15) is 0 Å².